The number of rotatable bonds is 4. The highest BCUT2D eigenvalue weighted by Crippen LogP contribution is 2.28. The Morgan fingerprint density at radius 1 is 1.50 bits per heavy atom. The largest absolute Gasteiger partial charge is 0.481 e. The van der Waals surface area contributed by atoms with Gasteiger partial charge >= 0.3 is 12.0 Å². The first-order chi connectivity index (χ1) is 8.27. The maximum atomic E-state index is 11.7. The number of carbonyl (C=O) groups excluding carboxylic acids is 2. The van der Waals surface area contributed by atoms with E-state index in [4.69, 9.17) is 15.6 Å². The molecular formula is C10H17N3O5. The number of aliphatic carboxylic acids is 1. The zero-order chi connectivity index (χ0) is 13.9. The molecular weight excluding hydrogens is 242 g/mol. The number of carboxylic acids is 1. The highest BCUT2D eigenvalue weighted by molar-refractivity contribution is 5.87. The van der Waals surface area contributed by atoms with Crippen LogP contribution < -0.4 is 16.4 Å². The van der Waals surface area contributed by atoms with Gasteiger partial charge in [0.15, 0.2) is 0 Å². The van der Waals surface area contributed by atoms with E-state index in [1.807, 2.05) is 0 Å². The predicted molar refractivity (Wildman–Crippen MR) is 60.7 cm³/mol. The van der Waals surface area contributed by atoms with Crippen LogP contribution in [0.15, 0.2) is 0 Å². The minimum Gasteiger partial charge on any atom is -0.481 e. The molecule has 1 aliphatic heterocycles. The van der Waals surface area contributed by atoms with Gasteiger partial charge in [-0.1, -0.05) is 0 Å². The lowest BCUT2D eigenvalue weighted by Crippen LogP contribution is -2.55. The summed E-state index contributed by atoms with van der Waals surface area (Å²) in [6, 6.07) is -2.29. The standard InChI is InChI=1S/C10H17N3O5/c1-5(12-9(11)17)7(14)13-6-3-18-4-10(6,2)8(15)16/h5-6H,3-4H2,1-2H3,(H,13,14)(H,15,16)(H3,11,12,17). The third-order valence-corrected chi connectivity index (χ3v) is 3.01. The maximum absolute atomic E-state index is 11.7. The molecule has 0 spiro atoms. The number of ether oxygens (including phenoxy) is 1. The van der Waals surface area contributed by atoms with Gasteiger partial charge in [0.2, 0.25) is 5.91 Å². The molecule has 5 N–H and O–H groups in total. The Balaban J connectivity index is 2.64. The van der Waals surface area contributed by atoms with Crippen molar-refractivity contribution in [2.24, 2.45) is 11.1 Å². The smallest absolute Gasteiger partial charge is 0.313 e. The van der Waals surface area contributed by atoms with Gasteiger partial charge in [-0.25, -0.2) is 4.79 Å². The summed E-state index contributed by atoms with van der Waals surface area (Å²) in [5.74, 6) is -1.54. The van der Waals surface area contributed by atoms with Crippen LogP contribution in [0.5, 0.6) is 0 Å². The Morgan fingerprint density at radius 3 is 2.61 bits per heavy atom. The summed E-state index contributed by atoms with van der Waals surface area (Å²) >= 11 is 0. The van der Waals surface area contributed by atoms with Crippen molar-refractivity contribution in [1.29, 1.82) is 0 Å². The van der Waals surface area contributed by atoms with Gasteiger partial charge in [-0.15, -0.1) is 0 Å². The van der Waals surface area contributed by atoms with Crippen molar-refractivity contribution < 1.29 is 24.2 Å². The van der Waals surface area contributed by atoms with E-state index in [9.17, 15) is 14.4 Å². The lowest BCUT2D eigenvalue weighted by molar-refractivity contribution is -0.149. The van der Waals surface area contributed by atoms with Crippen molar-refractivity contribution >= 4 is 17.9 Å². The average molecular weight is 259 g/mol. The fraction of sp³-hybridized carbons (Fsp3) is 0.700. The first-order valence-electron chi connectivity index (χ1n) is 5.45. The van der Waals surface area contributed by atoms with Crippen LogP contribution in [0.1, 0.15) is 13.8 Å². The van der Waals surface area contributed by atoms with E-state index >= 15 is 0 Å². The van der Waals surface area contributed by atoms with Gasteiger partial charge < -0.3 is 26.2 Å². The minimum absolute atomic E-state index is 0.0326. The number of primary amides is 1. The lowest BCUT2D eigenvalue weighted by Gasteiger charge is -2.26. The second-order valence-corrected chi connectivity index (χ2v) is 4.53. The number of nitrogens with one attached hydrogen (secondary N) is 2. The van der Waals surface area contributed by atoms with Crippen molar-refractivity contribution in [2.45, 2.75) is 25.9 Å². The van der Waals surface area contributed by atoms with Gasteiger partial charge in [-0.2, -0.15) is 0 Å². The number of hydrogen-bond donors (Lipinski definition) is 4. The highest BCUT2D eigenvalue weighted by atomic mass is 16.5. The SMILES string of the molecule is CC(NC(N)=O)C(=O)NC1COCC1(C)C(=O)O. The number of carboxylic acid groups (broad SMARTS) is 1. The molecule has 1 heterocycles. The molecule has 1 fully saturated rings. The number of urea groups is 1. The molecule has 3 amide bonds. The molecule has 18 heavy (non-hydrogen) atoms. The van der Waals surface area contributed by atoms with Gasteiger partial charge in [-0.3, -0.25) is 9.59 Å². The van der Waals surface area contributed by atoms with Crippen LogP contribution in [-0.4, -0.2) is 48.3 Å². The second-order valence-electron chi connectivity index (χ2n) is 4.53. The molecule has 1 aliphatic rings. The summed E-state index contributed by atoms with van der Waals surface area (Å²) in [7, 11) is 0. The van der Waals surface area contributed by atoms with E-state index in [0.29, 0.717) is 0 Å². The molecule has 0 aromatic rings. The van der Waals surface area contributed by atoms with Crippen molar-refractivity contribution in [1.82, 2.24) is 10.6 Å². The molecule has 0 radical (unpaired) electrons. The molecule has 0 bridgehead atoms. The molecule has 8 nitrogen and oxygen atoms in total. The summed E-state index contributed by atoms with van der Waals surface area (Å²) < 4.78 is 5.09. The van der Waals surface area contributed by atoms with E-state index in [0.717, 1.165) is 0 Å². The summed E-state index contributed by atoms with van der Waals surface area (Å²) in [6.07, 6.45) is 0. The molecule has 102 valence electrons. The van der Waals surface area contributed by atoms with Crippen LogP contribution in [0.25, 0.3) is 0 Å². The van der Waals surface area contributed by atoms with Crippen molar-refractivity contribution in [2.75, 3.05) is 13.2 Å². The lowest BCUT2D eigenvalue weighted by atomic mass is 9.85. The topological polar surface area (TPSA) is 131 Å². The number of hydrogen-bond acceptors (Lipinski definition) is 4. The summed E-state index contributed by atoms with van der Waals surface area (Å²) in [5.41, 5.74) is 3.73. The van der Waals surface area contributed by atoms with Gasteiger partial charge in [0.05, 0.1) is 19.3 Å². The summed E-state index contributed by atoms with van der Waals surface area (Å²) in [4.78, 5) is 33.5. The first-order valence-corrected chi connectivity index (χ1v) is 5.45. The Bertz CT molecular complexity index is 373. The predicted octanol–water partition coefficient (Wildman–Crippen LogP) is -1.35. The van der Waals surface area contributed by atoms with Crippen LogP contribution in [0.3, 0.4) is 0 Å². The summed E-state index contributed by atoms with van der Waals surface area (Å²) in [5, 5.41) is 13.9. The Labute approximate surface area is 104 Å². The molecule has 8 heteroatoms. The monoisotopic (exact) mass is 259 g/mol. The zero-order valence-corrected chi connectivity index (χ0v) is 10.2. The third kappa shape index (κ3) is 2.89. The van der Waals surface area contributed by atoms with Gasteiger partial charge in [0.1, 0.15) is 11.5 Å². The van der Waals surface area contributed by atoms with Crippen LogP contribution in [-0.2, 0) is 14.3 Å². The Morgan fingerprint density at radius 2 is 2.11 bits per heavy atom. The van der Waals surface area contributed by atoms with Gasteiger partial charge in [0, 0.05) is 0 Å². The molecule has 0 aromatic heterocycles. The van der Waals surface area contributed by atoms with Crippen LogP contribution in [0.2, 0.25) is 0 Å². The molecule has 3 unspecified atom stereocenters. The van der Waals surface area contributed by atoms with E-state index in [1.54, 1.807) is 0 Å². The number of amides is 3. The quantitative estimate of drug-likeness (QED) is 0.495. The summed E-state index contributed by atoms with van der Waals surface area (Å²) in [6.45, 7) is 3.11. The van der Waals surface area contributed by atoms with E-state index < -0.39 is 35.4 Å². The molecule has 1 saturated heterocycles. The van der Waals surface area contributed by atoms with Gasteiger partial charge in [-0.05, 0) is 13.8 Å². The van der Waals surface area contributed by atoms with E-state index in [1.165, 1.54) is 13.8 Å². The number of carbonyl (C=O) groups is 3. The fourth-order valence-corrected chi connectivity index (χ4v) is 1.66. The van der Waals surface area contributed by atoms with Crippen LogP contribution in [0, 0.1) is 5.41 Å². The molecule has 3 atom stereocenters. The average Bonchev–Trinajstić information content (AvgIpc) is 2.60. The zero-order valence-electron chi connectivity index (χ0n) is 10.2. The molecule has 0 aliphatic carbocycles. The molecule has 1 rings (SSSR count). The normalized spacial score (nSPS) is 28.4. The van der Waals surface area contributed by atoms with E-state index in [2.05, 4.69) is 10.6 Å². The maximum Gasteiger partial charge on any atom is 0.313 e. The minimum atomic E-state index is -1.16. The Kier molecular flexibility index (Phi) is 4.12. The van der Waals surface area contributed by atoms with E-state index in [-0.39, 0.29) is 13.2 Å². The fourth-order valence-electron chi connectivity index (χ4n) is 1.66. The highest BCUT2D eigenvalue weighted by Gasteiger charge is 2.47. The first kappa shape index (κ1) is 14.2. The van der Waals surface area contributed by atoms with Crippen molar-refractivity contribution in [3.8, 4) is 0 Å². The Hall–Kier alpha value is -1.83. The van der Waals surface area contributed by atoms with Crippen molar-refractivity contribution in [3.05, 3.63) is 0 Å². The molecule has 0 saturated carbocycles. The van der Waals surface area contributed by atoms with Crippen LogP contribution in [0.4, 0.5) is 4.79 Å². The molecule has 0 aromatic carbocycles. The number of nitrogens with two attached hydrogens (primary N) is 1. The third-order valence-electron chi connectivity index (χ3n) is 3.01. The van der Waals surface area contributed by atoms with Crippen molar-refractivity contribution in [3.63, 3.8) is 0 Å². The second kappa shape index (κ2) is 5.21. The van der Waals surface area contributed by atoms with Crippen LogP contribution >= 0.6 is 0 Å². The van der Waals surface area contributed by atoms with Gasteiger partial charge in [0.25, 0.3) is 0 Å².